The zero-order valence-electron chi connectivity index (χ0n) is 9.40. The van der Waals surface area contributed by atoms with Gasteiger partial charge in [-0.15, -0.1) is 0 Å². The molecule has 1 atom stereocenters. The van der Waals surface area contributed by atoms with Gasteiger partial charge in [-0.25, -0.2) is 0 Å². The Bertz CT molecular complexity index is 497. The molecule has 2 rings (SSSR count). The van der Waals surface area contributed by atoms with Crippen molar-refractivity contribution in [3.05, 3.63) is 23.8 Å². The third kappa shape index (κ3) is 2.08. The number of fused-ring (bicyclic) bond motifs is 1. The lowest BCUT2D eigenvalue weighted by atomic mass is 9.75. The molecule has 1 aliphatic rings. The summed E-state index contributed by atoms with van der Waals surface area (Å²) in [5.74, 6) is -0.998. The lowest BCUT2D eigenvalue weighted by Gasteiger charge is -2.33. The minimum Gasteiger partial charge on any atom is -0.481 e. The van der Waals surface area contributed by atoms with E-state index in [4.69, 9.17) is 15.6 Å². The maximum absolute atomic E-state index is 11.5. The van der Waals surface area contributed by atoms with Gasteiger partial charge in [-0.2, -0.15) is 0 Å². The summed E-state index contributed by atoms with van der Waals surface area (Å²) < 4.78 is 5.08. The highest BCUT2D eigenvalue weighted by Crippen LogP contribution is 2.42. The van der Waals surface area contributed by atoms with Gasteiger partial charge in [0.2, 0.25) is 0 Å². The van der Waals surface area contributed by atoms with Crippen molar-refractivity contribution >= 4 is 17.6 Å². The van der Waals surface area contributed by atoms with E-state index in [0.717, 1.165) is 0 Å². The van der Waals surface area contributed by atoms with Gasteiger partial charge in [0.1, 0.15) is 5.75 Å². The number of carboxylic acid groups (broad SMARTS) is 1. The van der Waals surface area contributed by atoms with Crippen molar-refractivity contribution in [3.63, 3.8) is 0 Å². The molecule has 0 saturated heterocycles. The van der Waals surface area contributed by atoms with E-state index in [1.54, 1.807) is 25.1 Å². The number of hydrogen-bond donors (Lipinski definition) is 2. The summed E-state index contributed by atoms with van der Waals surface area (Å²) in [5, 5.41) is 8.92. The fourth-order valence-electron chi connectivity index (χ4n) is 2.19. The van der Waals surface area contributed by atoms with Gasteiger partial charge in [0.15, 0.2) is 0 Å². The Labute approximate surface area is 98.2 Å². The van der Waals surface area contributed by atoms with Crippen molar-refractivity contribution in [3.8, 4) is 5.75 Å². The van der Waals surface area contributed by atoms with Crippen LogP contribution in [0.15, 0.2) is 18.2 Å². The van der Waals surface area contributed by atoms with Crippen molar-refractivity contribution in [1.29, 1.82) is 0 Å². The molecule has 90 valence electrons. The third-order valence-corrected chi connectivity index (χ3v) is 2.96. The number of ether oxygens (including phenoxy) is 1. The second kappa shape index (κ2) is 3.76. The lowest BCUT2D eigenvalue weighted by molar-refractivity contribution is -0.141. The first-order valence-electron chi connectivity index (χ1n) is 5.23. The molecule has 0 bridgehead atoms. The molecule has 17 heavy (non-hydrogen) atoms. The molecule has 0 amide bonds. The summed E-state index contributed by atoms with van der Waals surface area (Å²) in [6.07, 6.45) is -0.0464. The fraction of sp³-hybridized carbons (Fsp3) is 0.333. The maximum atomic E-state index is 11.5. The molecule has 0 saturated carbocycles. The number of carboxylic acids is 1. The summed E-state index contributed by atoms with van der Waals surface area (Å²) in [4.78, 5) is 22.4. The number of carbonyl (C=O) groups is 2. The Morgan fingerprint density at radius 3 is 2.94 bits per heavy atom. The summed E-state index contributed by atoms with van der Waals surface area (Å²) in [5.41, 5.74) is 6.08. The Morgan fingerprint density at radius 1 is 1.59 bits per heavy atom. The predicted molar refractivity (Wildman–Crippen MR) is 60.7 cm³/mol. The minimum atomic E-state index is -0.940. The predicted octanol–water partition coefficient (Wildman–Crippen LogP) is 1.31. The van der Waals surface area contributed by atoms with E-state index >= 15 is 0 Å². The van der Waals surface area contributed by atoms with Crippen LogP contribution in [0.1, 0.15) is 25.3 Å². The highest BCUT2D eigenvalue weighted by atomic mass is 16.5. The summed E-state index contributed by atoms with van der Waals surface area (Å²) in [7, 11) is 0. The smallest absolute Gasteiger partial charge is 0.312 e. The first-order chi connectivity index (χ1) is 7.90. The first-order valence-corrected chi connectivity index (χ1v) is 5.23. The maximum Gasteiger partial charge on any atom is 0.312 e. The average Bonchev–Trinajstić information content (AvgIpc) is 2.13. The molecule has 1 aromatic rings. The van der Waals surface area contributed by atoms with Gasteiger partial charge in [0, 0.05) is 22.7 Å². The Morgan fingerprint density at radius 2 is 2.29 bits per heavy atom. The topological polar surface area (TPSA) is 89.6 Å². The molecular formula is C12H13NO4. The molecule has 0 radical (unpaired) electrons. The van der Waals surface area contributed by atoms with Crippen LogP contribution in [-0.4, -0.2) is 17.0 Å². The standard InChI is InChI=1S/C12H13NO4/c1-12(5-10(14)15)6-11(16)17-9-4-7(13)2-3-8(9)12/h2-4H,5-6,13H2,1H3,(H,14,15). The SMILES string of the molecule is CC1(CC(=O)O)CC(=O)Oc2cc(N)ccc21. The van der Waals surface area contributed by atoms with E-state index in [0.29, 0.717) is 17.0 Å². The summed E-state index contributed by atoms with van der Waals surface area (Å²) in [6.45, 7) is 1.75. The molecule has 3 N–H and O–H groups in total. The lowest BCUT2D eigenvalue weighted by Crippen LogP contribution is -2.35. The third-order valence-electron chi connectivity index (χ3n) is 2.96. The molecule has 1 unspecified atom stereocenters. The van der Waals surface area contributed by atoms with Crippen LogP contribution in [0.25, 0.3) is 0 Å². The molecule has 0 aliphatic carbocycles. The molecule has 5 heteroatoms. The van der Waals surface area contributed by atoms with Crippen molar-refractivity contribution in [2.75, 3.05) is 5.73 Å². The number of hydrogen-bond acceptors (Lipinski definition) is 4. The van der Waals surface area contributed by atoms with Crippen LogP contribution in [0.2, 0.25) is 0 Å². The summed E-state index contributed by atoms with van der Waals surface area (Å²) >= 11 is 0. The number of esters is 1. The van der Waals surface area contributed by atoms with E-state index in [-0.39, 0.29) is 12.8 Å². The second-order valence-electron chi connectivity index (χ2n) is 4.54. The van der Waals surface area contributed by atoms with Crippen LogP contribution >= 0.6 is 0 Å². The molecule has 1 aromatic carbocycles. The quantitative estimate of drug-likeness (QED) is 0.458. The second-order valence-corrected chi connectivity index (χ2v) is 4.54. The molecule has 0 spiro atoms. The Balaban J connectivity index is 2.50. The van der Waals surface area contributed by atoms with Gasteiger partial charge in [0.25, 0.3) is 0 Å². The molecule has 0 aromatic heterocycles. The molecule has 0 fully saturated rings. The fourth-order valence-corrected chi connectivity index (χ4v) is 2.19. The van der Waals surface area contributed by atoms with E-state index in [9.17, 15) is 9.59 Å². The van der Waals surface area contributed by atoms with Gasteiger partial charge in [0.05, 0.1) is 12.8 Å². The van der Waals surface area contributed by atoms with Crippen LogP contribution in [0.3, 0.4) is 0 Å². The number of nitrogens with two attached hydrogens (primary N) is 1. The summed E-state index contributed by atoms with van der Waals surface area (Å²) in [6, 6.07) is 4.95. The molecular weight excluding hydrogens is 222 g/mol. The number of carbonyl (C=O) groups excluding carboxylic acids is 1. The zero-order valence-corrected chi connectivity index (χ0v) is 9.40. The normalized spacial score (nSPS) is 22.8. The van der Waals surface area contributed by atoms with Crippen LogP contribution in [0.5, 0.6) is 5.75 Å². The number of aliphatic carboxylic acids is 1. The Hall–Kier alpha value is -2.04. The first kappa shape index (κ1) is 11.4. The minimum absolute atomic E-state index is 0.0657. The number of anilines is 1. The molecule has 1 heterocycles. The molecule has 5 nitrogen and oxygen atoms in total. The Kier molecular flexibility index (Phi) is 2.53. The highest BCUT2D eigenvalue weighted by Gasteiger charge is 2.39. The van der Waals surface area contributed by atoms with Gasteiger partial charge < -0.3 is 15.6 Å². The highest BCUT2D eigenvalue weighted by molar-refractivity contribution is 5.80. The van der Waals surface area contributed by atoms with E-state index < -0.39 is 17.4 Å². The van der Waals surface area contributed by atoms with Crippen LogP contribution in [0, 0.1) is 0 Å². The van der Waals surface area contributed by atoms with E-state index in [1.807, 2.05) is 0 Å². The largest absolute Gasteiger partial charge is 0.481 e. The van der Waals surface area contributed by atoms with Crippen LogP contribution in [0.4, 0.5) is 5.69 Å². The van der Waals surface area contributed by atoms with Crippen molar-refractivity contribution in [2.24, 2.45) is 0 Å². The monoisotopic (exact) mass is 235 g/mol. The molecule has 1 aliphatic heterocycles. The van der Waals surface area contributed by atoms with Crippen LogP contribution < -0.4 is 10.5 Å². The number of nitrogen functional groups attached to an aromatic ring is 1. The van der Waals surface area contributed by atoms with Gasteiger partial charge in [-0.05, 0) is 6.07 Å². The van der Waals surface area contributed by atoms with Gasteiger partial charge in [-0.3, -0.25) is 9.59 Å². The van der Waals surface area contributed by atoms with Gasteiger partial charge >= 0.3 is 11.9 Å². The number of rotatable bonds is 2. The van der Waals surface area contributed by atoms with E-state index in [2.05, 4.69) is 0 Å². The zero-order chi connectivity index (χ0) is 12.6. The van der Waals surface area contributed by atoms with Crippen molar-refractivity contribution in [2.45, 2.75) is 25.2 Å². The van der Waals surface area contributed by atoms with Crippen LogP contribution in [-0.2, 0) is 15.0 Å². The average molecular weight is 235 g/mol. The van der Waals surface area contributed by atoms with Crippen molar-refractivity contribution < 1.29 is 19.4 Å². The number of benzene rings is 1. The van der Waals surface area contributed by atoms with Crippen molar-refractivity contribution in [1.82, 2.24) is 0 Å². The van der Waals surface area contributed by atoms with E-state index in [1.165, 1.54) is 0 Å². The van der Waals surface area contributed by atoms with Gasteiger partial charge in [-0.1, -0.05) is 13.0 Å².